The van der Waals surface area contributed by atoms with Crippen molar-refractivity contribution in [2.24, 2.45) is 0 Å². The summed E-state index contributed by atoms with van der Waals surface area (Å²) in [5.41, 5.74) is 2.64. The molecule has 0 bridgehead atoms. The van der Waals surface area contributed by atoms with Crippen LogP contribution in [0.1, 0.15) is 11.1 Å². The van der Waals surface area contributed by atoms with E-state index in [1.54, 1.807) is 6.07 Å². The fourth-order valence-corrected chi connectivity index (χ4v) is 3.54. The number of halogens is 1. The van der Waals surface area contributed by atoms with Crippen molar-refractivity contribution in [3.8, 4) is 0 Å². The summed E-state index contributed by atoms with van der Waals surface area (Å²) in [4.78, 5) is 36.5. The molecule has 8 heteroatoms. The summed E-state index contributed by atoms with van der Waals surface area (Å²) in [6.07, 6.45) is 0. The second-order valence-corrected chi connectivity index (χ2v) is 7.93. The van der Waals surface area contributed by atoms with Gasteiger partial charge < -0.3 is 15.4 Å². The molecule has 0 radical (unpaired) electrons. The normalized spacial score (nSPS) is 10.2. The highest BCUT2D eigenvalue weighted by atomic mass is 79.9. The Morgan fingerprint density at radius 1 is 1.04 bits per heavy atom. The van der Waals surface area contributed by atoms with Gasteiger partial charge in [0.2, 0.25) is 5.91 Å². The molecule has 0 aliphatic rings. The third-order valence-corrected chi connectivity index (χ3v) is 5.35. The first-order chi connectivity index (χ1) is 13.3. The molecule has 0 aromatic heterocycles. The third-order valence-electron chi connectivity index (χ3n) is 3.71. The summed E-state index contributed by atoms with van der Waals surface area (Å²) in [5.74, 6) is -1.27. The average Bonchev–Trinajstić information content (AvgIpc) is 2.66. The number of rotatable bonds is 8. The van der Waals surface area contributed by atoms with Gasteiger partial charge in [-0.2, -0.15) is 0 Å². The number of hydrogen-bond donors (Lipinski definition) is 2. The quantitative estimate of drug-likeness (QED) is 0.461. The van der Waals surface area contributed by atoms with E-state index in [0.717, 1.165) is 20.5 Å². The number of carbonyl (C=O) groups excluding carboxylic acids is 3. The molecule has 2 amide bonds. The second-order valence-electron chi connectivity index (χ2n) is 6.00. The van der Waals surface area contributed by atoms with E-state index in [0.29, 0.717) is 5.69 Å². The fourth-order valence-electron chi connectivity index (χ4n) is 2.23. The van der Waals surface area contributed by atoms with Gasteiger partial charge in [0.15, 0.2) is 6.61 Å². The Morgan fingerprint density at radius 3 is 2.50 bits per heavy atom. The zero-order valence-corrected chi connectivity index (χ0v) is 18.0. The molecule has 6 nitrogen and oxygen atoms in total. The summed E-state index contributed by atoms with van der Waals surface area (Å²) in [6, 6.07) is 13.2. The number of amides is 2. The molecule has 0 unspecified atom stereocenters. The first kappa shape index (κ1) is 22.0. The molecule has 2 aromatic rings. The maximum absolute atomic E-state index is 11.9. The van der Waals surface area contributed by atoms with E-state index in [9.17, 15) is 14.4 Å². The SMILES string of the molecule is Cc1cc(Br)ccc1NC(=O)CNC(=O)COC(=O)CSc1ccccc1C. The molecule has 0 aliphatic carbocycles. The fraction of sp³-hybridized carbons (Fsp3) is 0.250. The third kappa shape index (κ3) is 7.36. The summed E-state index contributed by atoms with van der Waals surface area (Å²) < 4.78 is 5.86. The zero-order chi connectivity index (χ0) is 20.5. The minimum atomic E-state index is -0.531. The lowest BCUT2D eigenvalue weighted by Gasteiger charge is -2.10. The summed E-state index contributed by atoms with van der Waals surface area (Å²) >= 11 is 4.71. The first-order valence-electron chi connectivity index (χ1n) is 8.52. The largest absolute Gasteiger partial charge is 0.455 e. The van der Waals surface area contributed by atoms with Gasteiger partial charge in [-0.15, -0.1) is 11.8 Å². The van der Waals surface area contributed by atoms with Crippen molar-refractivity contribution in [2.45, 2.75) is 18.7 Å². The van der Waals surface area contributed by atoms with Crippen LogP contribution < -0.4 is 10.6 Å². The minimum absolute atomic E-state index is 0.113. The molecule has 2 N–H and O–H groups in total. The molecule has 28 heavy (non-hydrogen) atoms. The van der Waals surface area contributed by atoms with Crippen LogP contribution in [0.25, 0.3) is 0 Å². The lowest BCUT2D eigenvalue weighted by atomic mass is 10.2. The van der Waals surface area contributed by atoms with E-state index < -0.39 is 18.5 Å². The smallest absolute Gasteiger partial charge is 0.316 e. The van der Waals surface area contributed by atoms with E-state index >= 15 is 0 Å². The van der Waals surface area contributed by atoms with Gasteiger partial charge in [0.1, 0.15) is 0 Å². The van der Waals surface area contributed by atoms with Gasteiger partial charge in [0, 0.05) is 15.1 Å². The van der Waals surface area contributed by atoms with Crippen LogP contribution in [0.5, 0.6) is 0 Å². The van der Waals surface area contributed by atoms with E-state index in [-0.39, 0.29) is 18.2 Å². The van der Waals surface area contributed by atoms with Crippen LogP contribution in [-0.2, 0) is 19.1 Å². The van der Waals surface area contributed by atoms with Crippen LogP contribution >= 0.6 is 27.7 Å². The standard InChI is InChI=1S/C20H21BrN2O4S/c1-13-5-3-4-6-17(13)28-12-20(26)27-11-19(25)22-10-18(24)23-16-8-7-15(21)9-14(16)2/h3-9H,10-12H2,1-2H3,(H,22,25)(H,23,24). The van der Waals surface area contributed by atoms with Crippen molar-refractivity contribution in [1.29, 1.82) is 0 Å². The highest BCUT2D eigenvalue weighted by molar-refractivity contribution is 9.10. The lowest BCUT2D eigenvalue weighted by Crippen LogP contribution is -2.35. The van der Waals surface area contributed by atoms with Crippen LogP contribution in [0.4, 0.5) is 5.69 Å². The number of thioether (sulfide) groups is 1. The van der Waals surface area contributed by atoms with Crippen molar-refractivity contribution in [1.82, 2.24) is 5.32 Å². The maximum Gasteiger partial charge on any atom is 0.316 e. The summed E-state index contributed by atoms with van der Waals surface area (Å²) in [6.45, 7) is 3.21. The minimum Gasteiger partial charge on any atom is -0.455 e. The van der Waals surface area contributed by atoms with Crippen LogP contribution in [0.15, 0.2) is 51.8 Å². The van der Waals surface area contributed by atoms with Crippen LogP contribution in [0, 0.1) is 13.8 Å². The Bertz CT molecular complexity index is 873. The van der Waals surface area contributed by atoms with Gasteiger partial charge in [-0.05, 0) is 49.2 Å². The molecule has 0 spiro atoms. The van der Waals surface area contributed by atoms with Gasteiger partial charge in [0.05, 0.1) is 12.3 Å². The summed E-state index contributed by atoms with van der Waals surface area (Å²) in [7, 11) is 0. The van der Waals surface area contributed by atoms with Crippen molar-refractivity contribution >= 4 is 51.2 Å². The summed E-state index contributed by atoms with van der Waals surface area (Å²) in [5, 5.41) is 5.14. The highest BCUT2D eigenvalue weighted by Crippen LogP contribution is 2.21. The van der Waals surface area contributed by atoms with Crippen molar-refractivity contribution < 1.29 is 19.1 Å². The molecule has 2 aromatic carbocycles. The van der Waals surface area contributed by atoms with Crippen molar-refractivity contribution in [3.05, 3.63) is 58.1 Å². The van der Waals surface area contributed by atoms with Crippen molar-refractivity contribution in [3.63, 3.8) is 0 Å². The lowest BCUT2D eigenvalue weighted by molar-refractivity contribution is -0.146. The predicted molar refractivity (Wildman–Crippen MR) is 113 cm³/mol. The number of hydrogen-bond acceptors (Lipinski definition) is 5. The molecular formula is C20H21BrN2O4S. The second kappa shape index (κ2) is 10.9. The maximum atomic E-state index is 11.9. The Morgan fingerprint density at radius 2 is 1.79 bits per heavy atom. The molecule has 0 fully saturated rings. The van der Waals surface area contributed by atoms with E-state index in [2.05, 4.69) is 26.6 Å². The molecule has 148 valence electrons. The Balaban J connectivity index is 1.67. The zero-order valence-electron chi connectivity index (χ0n) is 15.6. The number of aryl methyl sites for hydroxylation is 2. The van der Waals surface area contributed by atoms with Crippen LogP contribution in [0.2, 0.25) is 0 Å². The molecular weight excluding hydrogens is 444 g/mol. The number of benzene rings is 2. The number of nitrogens with one attached hydrogen (secondary N) is 2. The first-order valence-corrected chi connectivity index (χ1v) is 10.3. The van der Waals surface area contributed by atoms with Crippen LogP contribution in [0.3, 0.4) is 0 Å². The number of anilines is 1. The van der Waals surface area contributed by atoms with E-state index in [1.807, 2.05) is 50.2 Å². The topological polar surface area (TPSA) is 84.5 Å². The van der Waals surface area contributed by atoms with Crippen LogP contribution in [-0.4, -0.2) is 36.7 Å². The number of esters is 1. The van der Waals surface area contributed by atoms with E-state index in [4.69, 9.17) is 4.74 Å². The van der Waals surface area contributed by atoms with Gasteiger partial charge in [-0.3, -0.25) is 14.4 Å². The molecule has 2 rings (SSSR count). The number of carbonyl (C=O) groups is 3. The predicted octanol–water partition coefficient (Wildman–Crippen LogP) is 3.46. The molecule has 0 aliphatic heterocycles. The highest BCUT2D eigenvalue weighted by Gasteiger charge is 2.11. The van der Waals surface area contributed by atoms with Crippen molar-refractivity contribution in [2.75, 3.05) is 24.2 Å². The Kier molecular flexibility index (Phi) is 8.53. The van der Waals surface area contributed by atoms with E-state index in [1.165, 1.54) is 11.8 Å². The van der Waals surface area contributed by atoms with Gasteiger partial charge in [-0.25, -0.2) is 0 Å². The average molecular weight is 465 g/mol. The monoisotopic (exact) mass is 464 g/mol. The molecule has 0 saturated carbocycles. The number of ether oxygens (including phenoxy) is 1. The Labute approximate surface area is 176 Å². The molecule has 0 saturated heterocycles. The van der Waals surface area contributed by atoms with Gasteiger partial charge >= 0.3 is 5.97 Å². The van der Waals surface area contributed by atoms with Gasteiger partial charge in [0.25, 0.3) is 5.91 Å². The Hall–Kier alpha value is -2.32. The molecule has 0 heterocycles. The van der Waals surface area contributed by atoms with Gasteiger partial charge in [-0.1, -0.05) is 34.1 Å². The molecule has 0 atom stereocenters.